The zero-order valence-corrected chi connectivity index (χ0v) is 6.00. The standard InChI is InChI=1S/C6H7N3O2/c1-3-5-7-4(2)6(8-5)9(10)11/h3H,1H2,2H3,(H,7,8). The van der Waals surface area contributed by atoms with Crippen molar-refractivity contribution in [3.63, 3.8) is 0 Å². The molecule has 11 heavy (non-hydrogen) atoms. The van der Waals surface area contributed by atoms with Crippen LogP contribution in [0.4, 0.5) is 5.82 Å². The fraction of sp³-hybridized carbons (Fsp3) is 0.167. The molecule has 0 amide bonds. The molecule has 0 atom stereocenters. The molecule has 1 heterocycles. The van der Waals surface area contributed by atoms with Gasteiger partial charge in [0.1, 0.15) is 5.69 Å². The Morgan fingerprint density at radius 1 is 1.82 bits per heavy atom. The van der Waals surface area contributed by atoms with Crippen LogP contribution in [0.15, 0.2) is 6.58 Å². The molecule has 0 saturated heterocycles. The first-order valence-electron chi connectivity index (χ1n) is 2.98. The quantitative estimate of drug-likeness (QED) is 0.513. The van der Waals surface area contributed by atoms with Gasteiger partial charge in [-0.05, 0) is 17.9 Å². The minimum absolute atomic E-state index is 0.0695. The van der Waals surface area contributed by atoms with Crippen LogP contribution in [-0.2, 0) is 0 Å². The number of aryl methyl sites for hydroxylation is 1. The second-order valence-corrected chi connectivity index (χ2v) is 2.02. The van der Waals surface area contributed by atoms with Gasteiger partial charge in [0.15, 0.2) is 0 Å². The van der Waals surface area contributed by atoms with E-state index in [4.69, 9.17) is 0 Å². The molecule has 0 saturated carbocycles. The smallest absolute Gasteiger partial charge is 0.343 e. The Morgan fingerprint density at radius 3 is 2.73 bits per heavy atom. The molecule has 1 rings (SSSR count). The molecule has 0 spiro atoms. The van der Waals surface area contributed by atoms with E-state index in [0.717, 1.165) is 0 Å². The number of aromatic nitrogens is 2. The van der Waals surface area contributed by atoms with Crippen molar-refractivity contribution < 1.29 is 4.92 Å². The Bertz CT molecular complexity index is 303. The van der Waals surface area contributed by atoms with Crippen LogP contribution in [0, 0.1) is 17.0 Å². The second-order valence-electron chi connectivity index (χ2n) is 2.02. The molecule has 0 aliphatic carbocycles. The third kappa shape index (κ3) is 1.26. The lowest BCUT2D eigenvalue weighted by Crippen LogP contribution is -1.89. The molecule has 0 unspecified atom stereocenters. The summed E-state index contributed by atoms with van der Waals surface area (Å²) in [6.45, 7) is 5.00. The van der Waals surface area contributed by atoms with E-state index in [2.05, 4.69) is 16.5 Å². The van der Waals surface area contributed by atoms with Crippen molar-refractivity contribution in [2.75, 3.05) is 0 Å². The lowest BCUT2D eigenvalue weighted by atomic mass is 10.5. The molecule has 58 valence electrons. The zero-order chi connectivity index (χ0) is 8.43. The zero-order valence-electron chi connectivity index (χ0n) is 6.00. The van der Waals surface area contributed by atoms with Gasteiger partial charge in [-0.1, -0.05) is 6.58 Å². The van der Waals surface area contributed by atoms with Crippen LogP contribution in [-0.4, -0.2) is 14.9 Å². The number of imidazole rings is 1. The summed E-state index contributed by atoms with van der Waals surface area (Å²) in [5, 5.41) is 10.3. The number of aromatic amines is 1. The topological polar surface area (TPSA) is 71.8 Å². The number of nitrogens with zero attached hydrogens (tertiary/aromatic N) is 2. The summed E-state index contributed by atoms with van der Waals surface area (Å²) < 4.78 is 0. The van der Waals surface area contributed by atoms with Crippen LogP contribution < -0.4 is 0 Å². The molecule has 1 aromatic heterocycles. The number of rotatable bonds is 2. The maximum Gasteiger partial charge on any atom is 0.343 e. The van der Waals surface area contributed by atoms with Crippen LogP contribution in [0.1, 0.15) is 11.5 Å². The number of hydrogen-bond acceptors (Lipinski definition) is 3. The molecule has 0 aromatic carbocycles. The number of hydrogen-bond donors (Lipinski definition) is 1. The van der Waals surface area contributed by atoms with Crippen LogP contribution >= 0.6 is 0 Å². The Balaban J connectivity index is 3.16. The van der Waals surface area contributed by atoms with Crippen LogP contribution in [0.5, 0.6) is 0 Å². The van der Waals surface area contributed by atoms with E-state index in [1.165, 1.54) is 6.08 Å². The fourth-order valence-corrected chi connectivity index (χ4v) is 0.748. The highest BCUT2D eigenvalue weighted by molar-refractivity contribution is 5.41. The average Bonchev–Trinajstić information content (AvgIpc) is 2.30. The van der Waals surface area contributed by atoms with Gasteiger partial charge in [0.05, 0.1) is 0 Å². The van der Waals surface area contributed by atoms with Gasteiger partial charge in [-0.3, -0.25) is 0 Å². The van der Waals surface area contributed by atoms with Crippen molar-refractivity contribution in [2.24, 2.45) is 0 Å². The second kappa shape index (κ2) is 2.53. The van der Waals surface area contributed by atoms with Crippen LogP contribution in [0.25, 0.3) is 6.08 Å². The third-order valence-corrected chi connectivity index (χ3v) is 1.25. The van der Waals surface area contributed by atoms with Gasteiger partial charge in [0, 0.05) is 0 Å². The lowest BCUT2D eigenvalue weighted by molar-refractivity contribution is -0.389. The average molecular weight is 153 g/mol. The monoisotopic (exact) mass is 153 g/mol. The Hall–Kier alpha value is -1.65. The lowest BCUT2D eigenvalue weighted by Gasteiger charge is -1.87. The van der Waals surface area contributed by atoms with E-state index in [-0.39, 0.29) is 5.82 Å². The minimum Gasteiger partial charge on any atom is -0.358 e. The number of nitro groups is 1. The van der Waals surface area contributed by atoms with Crippen molar-refractivity contribution in [2.45, 2.75) is 6.92 Å². The molecule has 0 bridgehead atoms. The van der Waals surface area contributed by atoms with E-state index < -0.39 is 4.92 Å². The summed E-state index contributed by atoms with van der Waals surface area (Å²) in [4.78, 5) is 16.1. The SMILES string of the molecule is C=Cc1nc(C)c([N+](=O)[O-])[nH]1. The van der Waals surface area contributed by atoms with Gasteiger partial charge in [-0.25, -0.2) is 9.97 Å². The number of nitrogens with one attached hydrogen (secondary N) is 1. The molecule has 0 radical (unpaired) electrons. The molecular weight excluding hydrogens is 146 g/mol. The molecule has 1 N–H and O–H groups in total. The predicted molar refractivity (Wildman–Crippen MR) is 40.1 cm³/mol. The van der Waals surface area contributed by atoms with Crippen molar-refractivity contribution in [1.29, 1.82) is 0 Å². The highest BCUT2D eigenvalue weighted by atomic mass is 16.6. The summed E-state index contributed by atoms with van der Waals surface area (Å²) in [5.41, 5.74) is 0.380. The van der Waals surface area contributed by atoms with E-state index in [9.17, 15) is 10.1 Å². The van der Waals surface area contributed by atoms with Crippen molar-refractivity contribution >= 4 is 11.9 Å². The van der Waals surface area contributed by atoms with Crippen molar-refractivity contribution in [3.8, 4) is 0 Å². The van der Waals surface area contributed by atoms with E-state index in [1.54, 1.807) is 6.92 Å². The summed E-state index contributed by atoms with van der Waals surface area (Å²) in [7, 11) is 0. The highest BCUT2D eigenvalue weighted by Gasteiger charge is 2.13. The summed E-state index contributed by atoms with van der Waals surface area (Å²) >= 11 is 0. The van der Waals surface area contributed by atoms with E-state index in [0.29, 0.717) is 11.5 Å². The van der Waals surface area contributed by atoms with Crippen molar-refractivity contribution in [3.05, 3.63) is 28.2 Å². The Morgan fingerprint density at radius 2 is 2.45 bits per heavy atom. The minimum atomic E-state index is -0.505. The molecule has 5 nitrogen and oxygen atoms in total. The van der Waals surface area contributed by atoms with Crippen molar-refractivity contribution in [1.82, 2.24) is 9.97 Å². The van der Waals surface area contributed by atoms with Gasteiger partial charge in [-0.2, -0.15) is 0 Å². The first-order chi connectivity index (χ1) is 5.15. The predicted octanol–water partition coefficient (Wildman–Crippen LogP) is 1.27. The first kappa shape index (κ1) is 7.46. The maximum atomic E-state index is 10.3. The normalized spacial score (nSPS) is 9.55. The highest BCUT2D eigenvalue weighted by Crippen LogP contribution is 2.13. The van der Waals surface area contributed by atoms with Gasteiger partial charge >= 0.3 is 5.82 Å². The summed E-state index contributed by atoms with van der Waals surface area (Å²) in [6, 6.07) is 0. The molecule has 0 fully saturated rings. The Labute approximate surface area is 62.9 Å². The molecule has 5 heteroatoms. The molecular formula is C6H7N3O2. The molecule has 0 aliphatic rings. The summed E-state index contributed by atoms with van der Waals surface area (Å²) in [5.74, 6) is 0.356. The van der Waals surface area contributed by atoms with Gasteiger partial charge < -0.3 is 10.1 Å². The van der Waals surface area contributed by atoms with Gasteiger partial charge in [0.2, 0.25) is 5.82 Å². The number of H-pyrrole nitrogens is 1. The molecule has 1 aromatic rings. The fourth-order valence-electron chi connectivity index (χ4n) is 0.748. The van der Waals surface area contributed by atoms with Crippen LogP contribution in [0.3, 0.4) is 0 Å². The van der Waals surface area contributed by atoms with E-state index in [1.807, 2.05) is 0 Å². The Kier molecular flexibility index (Phi) is 1.72. The largest absolute Gasteiger partial charge is 0.358 e. The third-order valence-electron chi connectivity index (χ3n) is 1.25. The summed E-state index contributed by atoms with van der Waals surface area (Å²) in [6.07, 6.45) is 1.43. The molecule has 0 aliphatic heterocycles. The first-order valence-corrected chi connectivity index (χ1v) is 2.98. The van der Waals surface area contributed by atoms with Gasteiger partial charge in [0.25, 0.3) is 0 Å². The van der Waals surface area contributed by atoms with Crippen LogP contribution in [0.2, 0.25) is 0 Å². The van der Waals surface area contributed by atoms with Gasteiger partial charge in [-0.15, -0.1) is 0 Å². The maximum absolute atomic E-state index is 10.3. The van der Waals surface area contributed by atoms with E-state index >= 15 is 0 Å².